The van der Waals surface area contributed by atoms with Crippen LogP contribution < -0.4 is 10.6 Å². The van der Waals surface area contributed by atoms with Crippen LogP contribution in [-0.4, -0.2) is 55.2 Å². The molecule has 4 N–H and O–H groups in total. The highest BCUT2D eigenvalue weighted by atomic mass is 16.2. The third kappa shape index (κ3) is 4.38. The molecule has 0 radical (unpaired) electrons. The van der Waals surface area contributed by atoms with E-state index in [0.29, 0.717) is 30.1 Å². The van der Waals surface area contributed by atoms with Gasteiger partial charge in [-0.2, -0.15) is 10.2 Å². The summed E-state index contributed by atoms with van der Waals surface area (Å²) in [6.45, 7) is 4.60. The number of hydrogen-bond donors (Lipinski definition) is 4. The molecule has 0 aliphatic carbocycles. The first-order valence-electron chi connectivity index (χ1n) is 11.0. The molecule has 4 aromatic rings. The Morgan fingerprint density at radius 1 is 1.09 bits per heavy atom. The molecule has 4 heterocycles. The first-order valence-corrected chi connectivity index (χ1v) is 11.0. The summed E-state index contributed by atoms with van der Waals surface area (Å²) in [5, 5.41) is 20.4. The van der Waals surface area contributed by atoms with E-state index >= 15 is 0 Å². The van der Waals surface area contributed by atoms with E-state index in [-0.39, 0.29) is 17.7 Å². The number of nitrogens with zero attached hydrogens (tertiary/aromatic N) is 4. The zero-order valence-corrected chi connectivity index (χ0v) is 18.4. The predicted octanol–water partition coefficient (Wildman–Crippen LogP) is 3.45. The summed E-state index contributed by atoms with van der Waals surface area (Å²) in [5.41, 5.74) is 4.61. The van der Waals surface area contributed by atoms with Crippen LogP contribution in [0.25, 0.3) is 22.4 Å². The van der Waals surface area contributed by atoms with E-state index < -0.39 is 0 Å². The lowest BCUT2D eigenvalue weighted by molar-refractivity contribution is -0.130. The van der Waals surface area contributed by atoms with Crippen LogP contribution in [0.4, 0.5) is 17.2 Å². The fraction of sp³-hybridized carbons (Fsp3) is 0.208. The molecule has 172 valence electrons. The first-order chi connectivity index (χ1) is 16.6. The predicted molar refractivity (Wildman–Crippen MR) is 129 cm³/mol. The van der Waals surface area contributed by atoms with Gasteiger partial charge in [0.25, 0.3) is 0 Å². The molecule has 10 heteroatoms. The number of anilines is 3. The number of likely N-dealkylation sites (tertiary alicyclic amines) is 1. The molecule has 1 saturated heterocycles. The maximum atomic E-state index is 12.7. The molecule has 0 bridgehead atoms. The Hall–Kier alpha value is -4.47. The van der Waals surface area contributed by atoms with Crippen molar-refractivity contribution in [2.45, 2.75) is 12.8 Å². The molecule has 34 heavy (non-hydrogen) atoms. The number of piperidine rings is 1. The van der Waals surface area contributed by atoms with Gasteiger partial charge in [0.2, 0.25) is 11.8 Å². The number of aromatic nitrogens is 5. The van der Waals surface area contributed by atoms with Crippen molar-refractivity contribution in [1.29, 1.82) is 0 Å². The number of fused-ring (bicyclic) bond motifs is 1. The van der Waals surface area contributed by atoms with Gasteiger partial charge in [-0.05, 0) is 61.4 Å². The van der Waals surface area contributed by atoms with Crippen molar-refractivity contribution in [3.05, 3.63) is 61.3 Å². The van der Waals surface area contributed by atoms with E-state index in [1.807, 2.05) is 42.5 Å². The molecule has 2 amide bonds. The molecule has 3 aromatic heterocycles. The number of carbonyl (C=O) groups is 2. The monoisotopic (exact) mass is 456 g/mol. The summed E-state index contributed by atoms with van der Waals surface area (Å²) in [6.07, 6.45) is 4.53. The number of H-pyrrole nitrogens is 2. The minimum atomic E-state index is -0.235. The van der Waals surface area contributed by atoms with Gasteiger partial charge in [0.1, 0.15) is 5.52 Å². The van der Waals surface area contributed by atoms with E-state index in [2.05, 4.69) is 42.6 Å². The van der Waals surface area contributed by atoms with Crippen LogP contribution >= 0.6 is 0 Å². The van der Waals surface area contributed by atoms with Crippen molar-refractivity contribution < 1.29 is 9.59 Å². The van der Waals surface area contributed by atoms with Crippen LogP contribution in [0.1, 0.15) is 12.8 Å². The summed E-state index contributed by atoms with van der Waals surface area (Å²) in [7, 11) is 0. The first kappa shape index (κ1) is 21.4. The van der Waals surface area contributed by atoms with Crippen LogP contribution in [0.5, 0.6) is 0 Å². The Kier molecular flexibility index (Phi) is 5.77. The Balaban J connectivity index is 1.25. The van der Waals surface area contributed by atoms with Gasteiger partial charge in [0.05, 0.1) is 22.8 Å². The second-order valence-corrected chi connectivity index (χ2v) is 8.15. The minimum Gasteiger partial charge on any atom is -0.338 e. The summed E-state index contributed by atoms with van der Waals surface area (Å²) < 4.78 is 0. The number of pyridine rings is 1. The summed E-state index contributed by atoms with van der Waals surface area (Å²) in [6, 6.07) is 13.1. The molecule has 0 saturated carbocycles. The molecule has 5 rings (SSSR count). The van der Waals surface area contributed by atoms with Crippen LogP contribution in [-0.2, 0) is 9.59 Å². The third-order valence-corrected chi connectivity index (χ3v) is 5.88. The maximum absolute atomic E-state index is 12.7. The highest BCUT2D eigenvalue weighted by molar-refractivity contribution is 5.94. The smallest absolute Gasteiger partial charge is 0.245 e. The quantitative estimate of drug-likeness (QED) is 0.329. The zero-order valence-electron chi connectivity index (χ0n) is 18.4. The van der Waals surface area contributed by atoms with E-state index in [9.17, 15) is 9.59 Å². The van der Waals surface area contributed by atoms with Gasteiger partial charge < -0.3 is 15.5 Å². The average molecular weight is 457 g/mol. The number of aromatic amines is 2. The lowest BCUT2D eigenvalue weighted by Crippen LogP contribution is -2.43. The summed E-state index contributed by atoms with van der Waals surface area (Å²) in [4.78, 5) is 31.0. The molecular weight excluding hydrogens is 432 g/mol. The van der Waals surface area contributed by atoms with Gasteiger partial charge in [0.15, 0.2) is 5.82 Å². The van der Waals surface area contributed by atoms with Crippen molar-refractivity contribution in [2.24, 2.45) is 5.92 Å². The number of nitrogens with one attached hydrogen (secondary N) is 4. The number of rotatable bonds is 6. The van der Waals surface area contributed by atoms with Crippen molar-refractivity contribution in [3.63, 3.8) is 0 Å². The fourth-order valence-corrected chi connectivity index (χ4v) is 4.07. The van der Waals surface area contributed by atoms with E-state index in [1.165, 1.54) is 6.08 Å². The molecule has 1 aromatic carbocycles. The van der Waals surface area contributed by atoms with Crippen LogP contribution in [0.15, 0.2) is 61.3 Å². The minimum absolute atomic E-state index is 0.0869. The molecule has 1 atom stereocenters. The number of carbonyl (C=O) groups excluding carboxylic acids is 2. The van der Waals surface area contributed by atoms with Gasteiger partial charge in [-0.1, -0.05) is 6.58 Å². The molecule has 0 unspecified atom stereocenters. The fourth-order valence-electron chi connectivity index (χ4n) is 4.07. The van der Waals surface area contributed by atoms with Gasteiger partial charge >= 0.3 is 0 Å². The Morgan fingerprint density at radius 2 is 1.91 bits per heavy atom. The normalized spacial score (nSPS) is 15.8. The van der Waals surface area contributed by atoms with Crippen molar-refractivity contribution in [2.75, 3.05) is 23.7 Å². The molecule has 1 aliphatic rings. The van der Waals surface area contributed by atoms with E-state index in [0.717, 1.165) is 35.4 Å². The number of amides is 2. The topological polar surface area (TPSA) is 132 Å². The lowest BCUT2D eigenvalue weighted by Gasteiger charge is -2.31. The summed E-state index contributed by atoms with van der Waals surface area (Å²) >= 11 is 0. The molecule has 10 nitrogen and oxygen atoms in total. The highest BCUT2D eigenvalue weighted by Gasteiger charge is 2.27. The highest BCUT2D eigenvalue weighted by Crippen LogP contribution is 2.26. The lowest BCUT2D eigenvalue weighted by atomic mass is 9.97. The van der Waals surface area contributed by atoms with Crippen LogP contribution in [0.3, 0.4) is 0 Å². The molecule has 1 aliphatic heterocycles. The van der Waals surface area contributed by atoms with Crippen molar-refractivity contribution in [1.82, 2.24) is 30.3 Å². The van der Waals surface area contributed by atoms with Gasteiger partial charge in [-0.15, -0.1) is 0 Å². The molecule has 1 fully saturated rings. The molecule has 0 spiro atoms. The van der Waals surface area contributed by atoms with Gasteiger partial charge in [-0.25, -0.2) is 4.98 Å². The van der Waals surface area contributed by atoms with Gasteiger partial charge in [0, 0.05) is 30.7 Å². The zero-order chi connectivity index (χ0) is 23.5. The number of benzene rings is 1. The van der Waals surface area contributed by atoms with Crippen molar-refractivity contribution >= 4 is 40.0 Å². The van der Waals surface area contributed by atoms with Crippen LogP contribution in [0, 0.1) is 5.92 Å². The number of hydrogen-bond acceptors (Lipinski definition) is 6. The molecular formula is C24H24N8O2. The third-order valence-electron chi connectivity index (χ3n) is 5.88. The summed E-state index contributed by atoms with van der Waals surface area (Å²) in [5.74, 6) is 0.143. The Bertz CT molecular complexity index is 1330. The van der Waals surface area contributed by atoms with E-state index in [4.69, 9.17) is 0 Å². The van der Waals surface area contributed by atoms with E-state index in [1.54, 1.807) is 11.1 Å². The Labute approximate surface area is 195 Å². The van der Waals surface area contributed by atoms with Crippen LogP contribution in [0.2, 0.25) is 0 Å². The largest absolute Gasteiger partial charge is 0.338 e. The van der Waals surface area contributed by atoms with Gasteiger partial charge in [-0.3, -0.25) is 19.8 Å². The average Bonchev–Trinajstić information content (AvgIpc) is 3.55. The standard InChI is InChI=1S/C24H24N8O2/c1-2-21(33)32-13-3-4-15(14-32)24(34)27-17-7-5-16(6-8-17)26-23-22-20(30-31-23)10-9-18(28-22)19-11-12-25-29-19/h2,5-12,15H,1,3-4,13-14H2,(H,25,29)(H,27,34)(H2,26,30,31)/t15-/m0/s1. The second-order valence-electron chi connectivity index (χ2n) is 8.15. The Morgan fingerprint density at radius 3 is 2.68 bits per heavy atom. The second kappa shape index (κ2) is 9.18. The van der Waals surface area contributed by atoms with Crippen molar-refractivity contribution in [3.8, 4) is 11.4 Å². The SMILES string of the molecule is C=CC(=O)N1CCC[C@H](C(=O)Nc2ccc(Nc3n[nH]c4ccc(-c5ccn[nH]5)nc34)cc2)C1. The maximum Gasteiger partial charge on any atom is 0.245 e.